The predicted molar refractivity (Wildman–Crippen MR) is 95.2 cm³/mol. The lowest BCUT2D eigenvalue weighted by Gasteiger charge is -2.34. The minimum Gasteiger partial charge on any atom is -0.508 e. The van der Waals surface area contributed by atoms with Gasteiger partial charge in [-0.25, -0.2) is 4.79 Å². The molecule has 1 fully saturated rings. The molecule has 24 heavy (non-hydrogen) atoms. The second kappa shape index (κ2) is 8.38. The number of hydrogen-bond donors (Lipinski definition) is 2. The zero-order valence-corrected chi connectivity index (χ0v) is 15.0. The van der Waals surface area contributed by atoms with Gasteiger partial charge in [-0.3, -0.25) is 0 Å². The Balaban J connectivity index is 1.69. The average Bonchev–Trinajstić information content (AvgIpc) is 2.52. The highest BCUT2D eigenvalue weighted by molar-refractivity contribution is 5.68. The lowest BCUT2D eigenvalue weighted by atomic mass is 9.98. The maximum absolute atomic E-state index is 12.2. The van der Waals surface area contributed by atoms with Gasteiger partial charge in [0, 0.05) is 13.1 Å². The van der Waals surface area contributed by atoms with Gasteiger partial charge in [-0.2, -0.15) is 0 Å². The molecule has 5 heteroatoms. The van der Waals surface area contributed by atoms with Crippen molar-refractivity contribution in [2.75, 3.05) is 26.2 Å². The summed E-state index contributed by atoms with van der Waals surface area (Å²) in [5.41, 5.74) is 0.770. The van der Waals surface area contributed by atoms with E-state index >= 15 is 0 Å². The molecular formula is C19H30N2O3. The zero-order valence-electron chi connectivity index (χ0n) is 15.0. The SMILES string of the molecule is CC(C)(C)OC(=O)N1CCCC(CNCCc2ccc(O)cc2)C1. The summed E-state index contributed by atoms with van der Waals surface area (Å²) in [5.74, 6) is 0.780. The van der Waals surface area contributed by atoms with Gasteiger partial charge in [-0.1, -0.05) is 12.1 Å². The van der Waals surface area contributed by atoms with Crippen molar-refractivity contribution in [1.82, 2.24) is 10.2 Å². The van der Waals surface area contributed by atoms with Crippen LogP contribution in [-0.2, 0) is 11.2 Å². The molecule has 5 nitrogen and oxygen atoms in total. The minimum absolute atomic E-state index is 0.198. The Bertz CT molecular complexity index is 522. The first-order valence-electron chi connectivity index (χ1n) is 8.80. The van der Waals surface area contributed by atoms with E-state index in [1.54, 1.807) is 12.1 Å². The third-order valence-corrected chi connectivity index (χ3v) is 4.13. The molecule has 0 bridgehead atoms. The number of carbonyl (C=O) groups is 1. The molecule has 2 N–H and O–H groups in total. The normalized spacial score (nSPS) is 18.5. The molecular weight excluding hydrogens is 304 g/mol. The predicted octanol–water partition coefficient (Wildman–Crippen LogP) is 3.17. The number of rotatable bonds is 5. The number of aromatic hydroxyl groups is 1. The Kier molecular flexibility index (Phi) is 6.49. The molecule has 1 aromatic carbocycles. The first-order chi connectivity index (χ1) is 11.3. The van der Waals surface area contributed by atoms with Crippen molar-refractivity contribution in [3.63, 3.8) is 0 Å². The van der Waals surface area contributed by atoms with Gasteiger partial charge in [0.05, 0.1) is 0 Å². The van der Waals surface area contributed by atoms with Crippen LogP contribution in [0.15, 0.2) is 24.3 Å². The van der Waals surface area contributed by atoms with Gasteiger partial charge in [0.2, 0.25) is 0 Å². The van der Waals surface area contributed by atoms with E-state index in [1.165, 1.54) is 5.56 Å². The van der Waals surface area contributed by atoms with Crippen LogP contribution in [0.25, 0.3) is 0 Å². The van der Waals surface area contributed by atoms with Crippen molar-refractivity contribution >= 4 is 6.09 Å². The number of ether oxygens (including phenoxy) is 1. The number of carbonyl (C=O) groups excluding carboxylic acids is 1. The Morgan fingerprint density at radius 1 is 1.33 bits per heavy atom. The van der Waals surface area contributed by atoms with Gasteiger partial charge in [0.1, 0.15) is 11.4 Å². The molecule has 0 aliphatic carbocycles. The maximum atomic E-state index is 12.2. The number of phenolic OH excluding ortho intramolecular Hbond substituents is 1. The Morgan fingerprint density at radius 3 is 2.71 bits per heavy atom. The van der Waals surface area contributed by atoms with Crippen LogP contribution in [0, 0.1) is 5.92 Å². The van der Waals surface area contributed by atoms with E-state index in [0.717, 1.165) is 45.4 Å². The van der Waals surface area contributed by atoms with E-state index in [1.807, 2.05) is 37.8 Å². The van der Waals surface area contributed by atoms with Crippen LogP contribution in [-0.4, -0.2) is 47.9 Å². The summed E-state index contributed by atoms with van der Waals surface area (Å²) in [6.07, 6.45) is 2.91. The van der Waals surface area contributed by atoms with E-state index in [4.69, 9.17) is 4.74 Å². The van der Waals surface area contributed by atoms with Gasteiger partial charge in [0.15, 0.2) is 0 Å². The Morgan fingerprint density at radius 2 is 2.04 bits per heavy atom. The maximum Gasteiger partial charge on any atom is 0.410 e. The summed E-state index contributed by atoms with van der Waals surface area (Å²) in [4.78, 5) is 14.0. The second-order valence-electron chi connectivity index (χ2n) is 7.56. The fraction of sp³-hybridized carbons (Fsp3) is 0.632. The molecule has 1 heterocycles. The first-order valence-corrected chi connectivity index (χ1v) is 8.80. The summed E-state index contributed by atoms with van der Waals surface area (Å²) in [7, 11) is 0. The van der Waals surface area contributed by atoms with Crippen LogP contribution in [0.1, 0.15) is 39.2 Å². The smallest absolute Gasteiger partial charge is 0.410 e. The number of nitrogens with one attached hydrogen (secondary N) is 1. The highest BCUT2D eigenvalue weighted by Crippen LogP contribution is 2.19. The van der Waals surface area contributed by atoms with Crippen LogP contribution in [0.3, 0.4) is 0 Å². The van der Waals surface area contributed by atoms with E-state index < -0.39 is 5.60 Å². The van der Waals surface area contributed by atoms with Crippen LogP contribution >= 0.6 is 0 Å². The summed E-state index contributed by atoms with van der Waals surface area (Å²) in [5, 5.41) is 12.8. The molecule has 1 saturated heterocycles. The van der Waals surface area contributed by atoms with E-state index in [0.29, 0.717) is 11.7 Å². The lowest BCUT2D eigenvalue weighted by molar-refractivity contribution is 0.0166. The van der Waals surface area contributed by atoms with Crippen LogP contribution in [0.5, 0.6) is 5.75 Å². The highest BCUT2D eigenvalue weighted by atomic mass is 16.6. The standard InChI is InChI=1S/C19H30N2O3/c1-19(2,3)24-18(23)21-12-4-5-16(14-21)13-20-11-10-15-6-8-17(22)9-7-15/h6-9,16,20,22H,4-5,10-14H2,1-3H3. The van der Waals surface area contributed by atoms with Crippen molar-refractivity contribution in [1.29, 1.82) is 0 Å². The highest BCUT2D eigenvalue weighted by Gasteiger charge is 2.27. The van der Waals surface area contributed by atoms with Crippen LogP contribution in [0.4, 0.5) is 4.79 Å². The first kappa shape index (κ1) is 18.6. The molecule has 1 atom stereocenters. The lowest BCUT2D eigenvalue weighted by Crippen LogP contribution is -2.45. The molecule has 0 spiro atoms. The quantitative estimate of drug-likeness (QED) is 0.812. The topological polar surface area (TPSA) is 61.8 Å². The third kappa shape index (κ3) is 6.40. The molecule has 0 aromatic heterocycles. The molecule has 0 saturated carbocycles. The third-order valence-electron chi connectivity index (χ3n) is 4.13. The number of piperidine rings is 1. The van der Waals surface area contributed by atoms with Gasteiger partial charge in [0.25, 0.3) is 0 Å². The van der Waals surface area contributed by atoms with Crippen molar-refractivity contribution in [3.05, 3.63) is 29.8 Å². The summed E-state index contributed by atoms with van der Waals surface area (Å²) >= 11 is 0. The number of hydrogen-bond acceptors (Lipinski definition) is 4. The number of amides is 1. The second-order valence-corrected chi connectivity index (χ2v) is 7.56. The largest absolute Gasteiger partial charge is 0.508 e. The number of benzene rings is 1. The molecule has 2 rings (SSSR count). The van der Waals surface area contributed by atoms with Gasteiger partial charge < -0.3 is 20.1 Å². The van der Waals surface area contributed by atoms with Gasteiger partial charge in [-0.15, -0.1) is 0 Å². The fourth-order valence-corrected chi connectivity index (χ4v) is 2.93. The minimum atomic E-state index is -0.438. The van der Waals surface area contributed by atoms with E-state index in [2.05, 4.69) is 5.32 Å². The summed E-state index contributed by atoms with van der Waals surface area (Å²) in [6, 6.07) is 7.33. The van der Waals surface area contributed by atoms with Crippen molar-refractivity contribution < 1.29 is 14.6 Å². The van der Waals surface area contributed by atoms with Crippen LogP contribution in [0.2, 0.25) is 0 Å². The van der Waals surface area contributed by atoms with E-state index in [9.17, 15) is 9.90 Å². The fourth-order valence-electron chi connectivity index (χ4n) is 2.93. The Hall–Kier alpha value is -1.75. The molecule has 1 aromatic rings. The Labute approximate surface area is 145 Å². The average molecular weight is 334 g/mol. The van der Waals surface area contributed by atoms with Crippen molar-refractivity contribution in [3.8, 4) is 5.75 Å². The molecule has 1 aliphatic rings. The van der Waals surface area contributed by atoms with Crippen LogP contribution < -0.4 is 5.32 Å². The van der Waals surface area contributed by atoms with Crippen molar-refractivity contribution in [2.24, 2.45) is 5.92 Å². The number of likely N-dealkylation sites (tertiary alicyclic amines) is 1. The summed E-state index contributed by atoms with van der Waals surface area (Å²) in [6.45, 7) is 9.07. The molecule has 1 amide bonds. The monoisotopic (exact) mass is 334 g/mol. The number of phenols is 1. The summed E-state index contributed by atoms with van der Waals surface area (Å²) < 4.78 is 5.46. The van der Waals surface area contributed by atoms with Gasteiger partial charge >= 0.3 is 6.09 Å². The molecule has 1 aliphatic heterocycles. The zero-order chi connectivity index (χ0) is 17.6. The van der Waals surface area contributed by atoms with Gasteiger partial charge in [-0.05, 0) is 76.7 Å². The molecule has 134 valence electrons. The molecule has 1 unspecified atom stereocenters. The molecule has 0 radical (unpaired) electrons. The van der Waals surface area contributed by atoms with E-state index in [-0.39, 0.29) is 6.09 Å². The number of nitrogens with zero attached hydrogens (tertiary/aromatic N) is 1. The van der Waals surface area contributed by atoms with Crippen molar-refractivity contribution in [2.45, 2.75) is 45.6 Å².